The van der Waals surface area contributed by atoms with E-state index in [0.717, 1.165) is 24.2 Å². The van der Waals surface area contributed by atoms with Crippen LogP contribution in [0.1, 0.15) is 37.5 Å². The quantitative estimate of drug-likeness (QED) is 0.200. The Morgan fingerprint density at radius 3 is 2.24 bits per heavy atom. The van der Waals surface area contributed by atoms with E-state index in [1.807, 2.05) is 24.8 Å². The molecule has 0 saturated carbocycles. The fourth-order valence-corrected chi connectivity index (χ4v) is 5.16. The van der Waals surface area contributed by atoms with Crippen molar-refractivity contribution >= 4 is 27.9 Å². The van der Waals surface area contributed by atoms with Gasteiger partial charge in [-0.05, 0) is 48.8 Å². The van der Waals surface area contributed by atoms with Gasteiger partial charge in [-0.25, -0.2) is 18.4 Å². The Labute approximate surface area is 241 Å². The highest BCUT2D eigenvalue weighted by Crippen LogP contribution is 2.27. The first-order chi connectivity index (χ1) is 19.4. The fraction of sp³-hybridized carbons (Fsp3) is 0.300. The average Bonchev–Trinajstić information content (AvgIpc) is 2.93. The standard InChI is InChI=1S/C30H37N5O5S/c1-5-35(6-2)21(3)40-30(37)33-29(31)25-11-9-10-23(18-25)20-34(4)28(36)19-22-14-16-24(17-15-22)26-12-7-8-13-27(26)41(32,38)39/h7-18,21H,5-6,19-20H2,1-4H3,(H2,31,33,37)(H2,32,38,39). The first-order valence-electron chi connectivity index (χ1n) is 13.3. The molecule has 0 aliphatic heterocycles. The van der Waals surface area contributed by atoms with Gasteiger partial charge in [0.2, 0.25) is 15.9 Å². The summed E-state index contributed by atoms with van der Waals surface area (Å²) in [6, 6.07) is 20.8. The lowest BCUT2D eigenvalue weighted by atomic mass is 10.0. The summed E-state index contributed by atoms with van der Waals surface area (Å²) in [6.45, 7) is 7.54. The van der Waals surface area contributed by atoms with Crippen molar-refractivity contribution in [2.45, 2.75) is 44.9 Å². The van der Waals surface area contributed by atoms with E-state index < -0.39 is 22.3 Å². The minimum absolute atomic E-state index is 0.0293. The van der Waals surface area contributed by atoms with Crippen molar-refractivity contribution in [3.05, 3.63) is 89.5 Å². The summed E-state index contributed by atoms with van der Waals surface area (Å²) in [6.07, 6.45) is -1.03. The Balaban J connectivity index is 1.64. The monoisotopic (exact) mass is 579 g/mol. The predicted octanol–water partition coefficient (Wildman–Crippen LogP) is 3.73. The Hall–Kier alpha value is -4.06. The predicted molar refractivity (Wildman–Crippen MR) is 159 cm³/mol. The third-order valence-corrected chi connectivity index (χ3v) is 7.66. The van der Waals surface area contributed by atoms with Crippen LogP contribution in [-0.4, -0.2) is 62.4 Å². The van der Waals surface area contributed by atoms with Gasteiger partial charge < -0.3 is 15.4 Å². The summed E-state index contributed by atoms with van der Waals surface area (Å²) in [5, 5.41) is 5.36. The zero-order valence-electron chi connectivity index (χ0n) is 23.8. The molecule has 0 aliphatic carbocycles. The molecule has 3 rings (SSSR count). The third kappa shape index (κ3) is 8.71. The molecule has 0 spiro atoms. The number of hydrogen-bond donors (Lipinski definition) is 2. The third-order valence-electron chi connectivity index (χ3n) is 6.69. The fourth-order valence-electron chi connectivity index (χ4n) is 4.40. The highest BCUT2D eigenvalue weighted by Gasteiger charge is 2.17. The number of primary sulfonamides is 1. The van der Waals surface area contributed by atoms with Crippen molar-refractivity contribution in [3.63, 3.8) is 0 Å². The number of amidine groups is 1. The lowest BCUT2D eigenvalue weighted by molar-refractivity contribution is -0.129. The number of benzene rings is 3. The van der Waals surface area contributed by atoms with Gasteiger partial charge in [0, 0.05) is 24.7 Å². The number of hydrogen-bond acceptors (Lipinski definition) is 6. The molecule has 0 fully saturated rings. The van der Waals surface area contributed by atoms with Crippen molar-refractivity contribution in [2.75, 3.05) is 20.1 Å². The normalized spacial score (nSPS) is 12.7. The average molecular weight is 580 g/mol. The van der Waals surface area contributed by atoms with Gasteiger partial charge in [-0.2, -0.15) is 4.99 Å². The van der Waals surface area contributed by atoms with Crippen molar-refractivity contribution in [3.8, 4) is 11.1 Å². The molecule has 0 heterocycles. The zero-order valence-corrected chi connectivity index (χ0v) is 24.6. The number of nitrogens with two attached hydrogens (primary N) is 2. The van der Waals surface area contributed by atoms with Gasteiger partial charge in [0.15, 0.2) is 6.23 Å². The van der Waals surface area contributed by atoms with Crippen LogP contribution < -0.4 is 10.9 Å². The molecule has 0 bridgehead atoms. The van der Waals surface area contributed by atoms with Crippen LogP contribution in [0.4, 0.5) is 4.79 Å². The molecule has 218 valence electrons. The van der Waals surface area contributed by atoms with Crippen LogP contribution in [0.15, 0.2) is 82.7 Å². The SMILES string of the molecule is CCN(CC)C(C)OC(=O)N=C(N)c1cccc(CN(C)C(=O)Cc2ccc(-c3ccccc3S(N)(=O)=O)cc2)c1. The van der Waals surface area contributed by atoms with Crippen LogP contribution in [0.2, 0.25) is 0 Å². The second-order valence-electron chi connectivity index (χ2n) is 9.57. The van der Waals surface area contributed by atoms with Crippen LogP contribution in [0.25, 0.3) is 11.1 Å². The maximum atomic E-state index is 12.9. The van der Waals surface area contributed by atoms with Crippen LogP contribution in [0.3, 0.4) is 0 Å². The van der Waals surface area contributed by atoms with Crippen LogP contribution >= 0.6 is 0 Å². The molecule has 1 unspecified atom stereocenters. The number of amides is 2. The number of aliphatic imine (C=N–C) groups is 1. The summed E-state index contributed by atoms with van der Waals surface area (Å²) >= 11 is 0. The number of sulfonamides is 1. The maximum absolute atomic E-state index is 12.9. The molecule has 11 heteroatoms. The number of nitrogens with zero attached hydrogens (tertiary/aromatic N) is 3. The molecule has 41 heavy (non-hydrogen) atoms. The van der Waals surface area contributed by atoms with E-state index in [1.54, 1.807) is 79.5 Å². The largest absolute Gasteiger partial charge is 0.437 e. The molecular formula is C30H37N5O5S. The van der Waals surface area contributed by atoms with Crippen LogP contribution in [-0.2, 0) is 32.5 Å². The summed E-state index contributed by atoms with van der Waals surface area (Å²) in [7, 11) is -2.17. The summed E-state index contributed by atoms with van der Waals surface area (Å²) in [5.74, 6) is -0.0784. The topological polar surface area (TPSA) is 148 Å². The summed E-state index contributed by atoms with van der Waals surface area (Å²) in [4.78, 5) is 32.7. The molecule has 3 aromatic carbocycles. The Bertz CT molecular complexity index is 1500. The van der Waals surface area contributed by atoms with Gasteiger partial charge in [0.05, 0.1) is 11.3 Å². The first kappa shape index (κ1) is 31.5. The number of ether oxygens (including phenoxy) is 1. The minimum atomic E-state index is -3.88. The van der Waals surface area contributed by atoms with E-state index in [4.69, 9.17) is 15.6 Å². The zero-order chi connectivity index (χ0) is 30.2. The molecule has 1 atom stereocenters. The summed E-state index contributed by atoms with van der Waals surface area (Å²) < 4.78 is 29.2. The number of carbonyl (C=O) groups is 2. The molecule has 0 radical (unpaired) electrons. The van der Waals surface area contributed by atoms with Gasteiger partial charge in [-0.15, -0.1) is 0 Å². The van der Waals surface area contributed by atoms with E-state index in [9.17, 15) is 18.0 Å². The van der Waals surface area contributed by atoms with Gasteiger partial charge >= 0.3 is 6.09 Å². The van der Waals surface area contributed by atoms with Crippen LogP contribution in [0, 0.1) is 0 Å². The van der Waals surface area contributed by atoms with Crippen molar-refractivity contribution in [1.29, 1.82) is 0 Å². The van der Waals surface area contributed by atoms with Gasteiger partial charge in [-0.3, -0.25) is 9.69 Å². The Morgan fingerprint density at radius 1 is 0.951 bits per heavy atom. The smallest absolute Gasteiger partial charge is 0.429 e. The molecule has 0 saturated heterocycles. The molecular weight excluding hydrogens is 542 g/mol. The highest BCUT2D eigenvalue weighted by atomic mass is 32.2. The van der Waals surface area contributed by atoms with Crippen molar-refractivity contribution in [1.82, 2.24) is 9.80 Å². The van der Waals surface area contributed by atoms with E-state index in [2.05, 4.69) is 4.99 Å². The molecule has 0 aliphatic rings. The second-order valence-corrected chi connectivity index (χ2v) is 11.1. The van der Waals surface area contributed by atoms with Gasteiger partial charge in [0.1, 0.15) is 5.84 Å². The van der Waals surface area contributed by atoms with Gasteiger partial charge in [-0.1, -0.05) is 74.5 Å². The van der Waals surface area contributed by atoms with Gasteiger partial charge in [0.25, 0.3) is 0 Å². The number of likely N-dealkylation sites (N-methyl/N-ethyl adjacent to an activating group) is 1. The highest BCUT2D eigenvalue weighted by molar-refractivity contribution is 7.89. The number of rotatable bonds is 11. The van der Waals surface area contributed by atoms with E-state index >= 15 is 0 Å². The maximum Gasteiger partial charge on any atom is 0.437 e. The van der Waals surface area contributed by atoms with E-state index in [1.165, 1.54) is 6.07 Å². The molecule has 10 nitrogen and oxygen atoms in total. The van der Waals surface area contributed by atoms with Crippen molar-refractivity contribution in [2.24, 2.45) is 15.9 Å². The lowest BCUT2D eigenvalue weighted by Crippen LogP contribution is -2.36. The van der Waals surface area contributed by atoms with E-state index in [-0.39, 0.29) is 23.1 Å². The van der Waals surface area contributed by atoms with Crippen LogP contribution in [0.5, 0.6) is 0 Å². The van der Waals surface area contributed by atoms with E-state index in [0.29, 0.717) is 23.2 Å². The Kier molecular flexibility index (Phi) is 10.8. The number of carbonyl (C=O) groups excluding carboxylic acids is 2. The second kappa shape index (κ2) is 14.0. The first-order valence-corrected chi connectivity index (χ1v) is 14.8. The molecule has 0 aromatic heterocycles. The minimum Gasteiger partial charge on any atom is -0.429 e. The molecule has 2 amide bonds. The van der Waals surface area contributed by atoms with Crippen molar-refractivity contribution < 1.29 is 22.7 Å². The lowest BCUT2D eigenvalue weighted by Gasteiger charge is -2.24. The summed E-state index contributed by atoms with van der Waals surface area (Å²) in [5.41, 5.74) is 9.40. The molecule has 4 N–H and O–H groups in total. The molecule has 3 aromatic rings. The Morgan fingerprint density at radius 2 is 1.61 bits per heavy atom.